The molecule has 1 saturated carbocycles. The van der Waals surface area contributed by atoms with Gasteiger partial charge in [0.05, 0.1) is 0 Å². The third-order valence-corrected chi connectivity index (χ3v) is 4.25. The molecule has 2 N–H and O–H groups in total. The van der Waals surface area contributed by atoms with E-state index in [0.717, 1.165) is 25.7 Å². The fourth-order valence-corrected chi connectivity index (χ4v) is 2.78. The van der Waals surface area contributed by atoms with E-state index >= 15 is 0 Å². The number of carbonyl (C=O) groups excluding carboxylic acids is 2. The van der Waals surface area contributed by atoms with Crippen LogP contribution in [0.1, 0.15) is 45.1 Å². The summed E-state index contributed by atoms with van der Waals surface area (Å²) in [4.78, 5) is 23.9. The number of hydrogen-bond donors (Lipinski definition) is 2. The molecule has 1 aliphatic carbocycles. The van der Waals surface area contributed by atoms with Gasteiger partial charge in [0.2, 0.25) is 0 Å². The Morgan fingerprint density at radius 3 is 2.38 bits per heavy atom. The minimum absolute atomic E-state index is 0.125. The van der Waals surface area contributed by atoms with Crippen LogP contribution in [0.25, 0.3) is 0 Å². The van der Waals surface area contributed by atoms with Crippen LogP contribution in [0.2, 0.25) is 0 Å². The van der Waals surface area contributed by atoms with Crippen molar-refractivity contribution in [2.45, 2.75) is 52.0 Å². The Morgan fingerprint density at radius 1 is 1.10 bits per heavy atom. The van der Waals surface area contributed by atoms with Crippen molar-refractivity contribution in [1.82, 2.24) is 5.32 Å². The van der Waals surface area contributed by atoms with Crippen LogP contribution in [0.3, 0.4) is 0 Å². The minimum atomic E-state index is -0.586. The van der Waals surface area contributed by atoms with Crippen LogP contribution in [0, 0.1) is 5.92 Å². The highest BCUT2D eigenvalue weighted by atomic mass is 16.2. The molecule has 0 radical (unpaired) electrons. The third kappa shape index (κ3) is 4.31. The molecule has 0 spiro atoms. The van der Waals surface area contributed by atoms with Gasteiger partial charge in [-0.05, 0) is 42.9 Å². The highest BCUT2D eigenvalue weighted by molar-refractivity contribution is 6.39. The summed E-state index contributed by atoms with van der Waals surface area (Å²) < 4.78 is 0. The first-order valence-electron chi connectivity index (χ1n) is 7.81. The quantitative estimate of drug-likeness (QED) is 0.840. The standard InChI is InChI=1S/C17H24N2O2/c1-3-13-8-10-14(11-9-13)18-16(20)17(21)19-15-7-5-4-6-12(15)2/h8-12,15H,3-7H2,1-2H3,(H,18,20)(H,19,21)/t12-,15+/m1/s1. The Hall–Kier alpha value is -1.84. The van der Waals surface area contributed by atoms with E-state index < -0.39 is 11.8 Å². The molecule has 1 fully saturated rings. The van der Waals surface area contributed by atoms with Crippen LogP contribution in [0.4, 0.5) is 5.69 Å². The molecular formula is C17H24N2O2. The third-order valence-electron chi connectivity index (χ3n) is 4.25. The second-order valence-corrected chi connectivity index (χ2v) is 5.85. The summed E-state index contributed by atoms with van der Waals surface area (Å²) in [5.74, 6) is -0.676. The average Bonchev–Trinajstić information content (AvgIpc) is 2.50. The summed E-state index contributed by atoms with van der Waals surface area (Å²) >= 11 is 0. The van der Waals surface area contributed by atoms with Crippen LogP contribution in [-0.4, -0.2) is 17.9 Å². The van der Waals surface area contributed by atoms with Crippen molar-refractivity contribution >= 4 is 17.5 Å². The fraction of sp³-hybridized carbons (Fsp3) is 0.529. The molecule has 2 atom stereocenters. The van der Waals surface area contributed by atoms with Gasteiger partial charge in [-0.15, -0.1) is 0 Å². The number of carbonyl (C=O) groups is 2. The lowest BCUT2D eigenvalue weighted by Crippen LogP contribution is -2.45. The normalized spacial score (nSPS) is 21.6. The van der Waals surface area contributed by atoms with Crippen molar-refractivity contribution in [1.29, 1.82) is 0 Å². The molecule has 21 heavy (non-hydrogen) atoms. The van der Waals surface area contributed by atoms with Crippen LogP contribution in [0.15, 0.2) is 24.3 Å². The molecule has 0 saturated heterocycles. The number of anilines is 1. The Kier molecular flexibility index (Phi) is 5.37. The zero-order valence-corrected chi connectivity index (χ0v) is 12.8. The molecule has 0 aliphatic heterocycles. The van der Waals surface area contributed by atoms with Gasteiger partial charge in [-0.25, -0.2) is 0 Å². The van der Waals surface area contributed by atoms with Gasteiger partial charge in [0.15, 0.2) is 0 Å². The minimum Gasteiger partial charge on any atom is -0.345 e. The number of benzene rings is 1. The SMILES string of the molecule is CCc1ccc(NC(=O)C(=O)N[C@H]2CCCC[C@H]2C)cc1. The van der Waals surface area contributed by atoms with E-state index in [4.69, 9.17) is 0 Å². The molecule has 1 aromatic carbocycles. The maximum Gasteiger partial charge on any atom is 0.313 e. The highest BCUT2D eigenvalue weighted by Crippen LogP contribution is 2.23. The maximum absolute atomic E-state index is 12.0. The fourth-order valence-electron chi connectivity index (χ4n) is 2.78. The molecule has 4 heteroatoms. The Balaban J connectivity index is 1.88. The number of hydrogen-bond acceptors (Lipinski definition) is 2. The Morgan fingerprint density at radius 2 is 1.76 bits per heavy atom. The van der Waals surface area contributed by atoms with Gasteiger partial charge in [-0.3, -0.25) is 9.59 Å². The molecule has 2 rings (SSSR count). The Bertz CT molecular complexity index is 496. The number of aryl methyl sites for hydroxylation is 1. The lowest BCUT2D eigenvalue weighted by molar-refractivity contribution is -0.137. The van der Waals surface area contributed by atoms with Gasteiger partial charge in [-0.2, -0.15) is 0 Å². The number of rotatable bonds is 3. The lowest BCUT2D eigenvalue weighted by Gasteiger charge is -2.29. The number of amides is 2. The predicted octanol–water partition coefficient (Wildman–Crippen LogP) is 2.88. The van der Waals surface area contributed by atoms with Crippen LogP contribution in [0.5, 0.6) is 0 Å². The monoisotopic (exact) mass is 288 g/mol. The van der Waals surface area contributed by atoms with Gasteiger partial charge >= 0.3 is 11.8 Å². The van der Waals surface area contributed by atoms with Gasteiger partial charge in [-0.1, -0.05) is 38.8 Å². The highest BCUT2D eigenvalue weighted by Gasteiger charge is 2.25. The van der Waals surface area contributed by atoms with Crippen molar-refractivity contribution in [2.75, 3.05) is 5.32 Å². The first-order valence-corrected chi connectivity index (χ1v) is 7.81. The largest absolute Gasteiger partial charge is 0.345 e. The summed E-state index contributed by atoms with van der Waals surface area (Å²) in [6.45, 7) is 4.21. The van der Waals surface area contributed by atoms with E-state index in [9.17, 15) is 9.59 Å². The molecule has 0 aromatic heterocycles. The molecule has 1 aromatic rings. The van der Waals surface area contributed by atoms with Crippen molar-refractivity contribution in [3.8, 4) is 0 Å². The lowest BCUT2D eigenvalue weighted by atomic mass is 9.86. The van der Waals surface area contributed by atoms with Crippen molar-refractivity contribution in [3.63, 3.8) is 0 Å². The molecule has 114 valence electrons. The molecule has 0 bridgehead atoms. The van der Waals surface area contributed by atoms with Crippen molar-refractivity contribution < 1.29 is 9.59 Å². The summed E-state index contributed by atoms with van der Waals surface area (Å²) in [6.07, 6.45) is 5.36. The smallest absolute Gasteiger partial charge is 0.313 e. The average molecular weight is 288 g/mol. The molecular weight excluding hydrogens is 264 g/mol. The van der Waals surface area contributed by atoms with Crippen molar-refractivity contribution in [3.05, 3.63) is 29.8 Å². The summed E-state index contributed by atoms with van der Waals surface area (Å²) in [6, 6.07) is 7.69. The topological polar surface area (TPSA) is 58.2 Å². The van der Waals surface area contributed by atoms with E-state index in [0.29, 0.717) is 11.6 Å². The molecule has 0 heterocycles. The number of nitrogens with one attached hydrogen (secondary N) is 2. The van der Waals surface area contributed by atoms with E-state index in [2.05, 4.69) is 24.5 Å². The molecule has 4 nitrogen and oxygen atoms in total. The Labute approximate surface area is 126 Å². The molecule has 0 unspecified atom stereocenters. The van der Waals surface area contributed by atoms with Gasteiger partial charge in [0.25, 0.3) is 0 Å². The first-order chi connectivity index (χ1) is 10.1. The molecule has 1 aliphatic rings. The zero-order valence-electron chi connectivity index (χ0n) is 12.8. The maximum atomic E-state index is 12.0. The second-order valence-electron chi connectivity index (χ2n) is 5.85. The summed E-state index contributed by atoms with van der Waals surface area (Å²) in [7, 11) is 0. The van der Waals surface area contributed by atoms with Crippen LogP contribution < -0.4 is 10.6 Å². The first kappa shape index (κ1) is 15.5. The van der Waals surface area contributed by atoms with E-state index in [1.165, 1.54) is 12.0 Å². The zero-order chi connectivity index (χ0) is 15.2. The van der Waals surface area contributed by atoms with Gasteiger partial charge in [0.1, 0.15) is 0 Å². The van der Waals surface area contributed by atoms with E-state index in [1.807, 2.05) is 24.3 Å². The molecule has 2 amide bonds. The second kappa shape index (κ2) is 7.25. The van der Waals surface area contributed by atoms with Gasteiger partial charge in [0, 0.05) is 11.7 Å². The van der Waals surface area contributed by atoms with E-state index in [1.54, 1.807) is 0 Å². The predicted molar refractivity (Wildman–Crippen MR) is 84.0 cm³/mol. The van der Waals surface area contributed by atoms with Crippen LogP contribution >= 0.6 is 0 Å². The van der Waals surface area contributed by atoms with Gasteiger partial charge < -0.3 is 10.6 Å². The van der Waals surface area contributed by atoms with Crippen molar-refractivity contribution in [2.24, 2.45) is 5.92 Å². The summed E-state index contributed by atoms with van der Waals surface area (Å²) in [5.41, 5.74) is 1.86. The van der Waals surface area contributed by atoms with Crippen LogP contribution in [-0.2, 0) is 16.0 Å². The van der Waals surface area contributed by atoms with E-state index in [-0.39, 0.29) is 6.04 Å². The summed E-state index contributed by atoms with van der Waals surface area (Å²) in [5, 5.41) is 5.51.